The standard InChI is InChI=1S/C29H37BrN4O2S/c1-7-14-34-27(9-8-15-36-26-17-24(20(4)5)25(30)16-21(26)6)32-33-29(34)37-18-28(35)31-23-12-10-22(11-13-23)19(2)3/h7,10-13,16-17,19-20H,1,8-9,14-15,18H2,2-6H3,(H,31,35). The van der Waals surface area contributed by atoms with Crippen molar-refractivity contribution in [1.29, 1.82) is 0 Å². The molecule has 0 atom stereocenters. The molecule has 37 heavy (non-hydrogen) atoms. The number of carbonyl (C=O) groups excluding carboxylic acids is 1. The second kappa shape index (κ2) is 13.8. The average molecular weight is 586 g/mol. The summed E-state index contributed by atoms with van der Waals surface area (Å²) in [4.78, 5) is 12.5. The SMILES string of the molecule is C=CCn1c(CCCOc2cc(C(C)C)c(Br)cc2C)nnc1SCC(=O)Nc1ccc(C(C)C)cc1. The number of aromatic nitrogens is 3. The summed E-state index contributed by atoms with van der Waals surface area (Å²) in [5, 5.41) is 12.4. The molecule has 1 heterocycles. The Bertz CT molecular complexity index is 1210. The van der Waals surface area contributed by atoms with Crippen molar-refractivity contribution in [2.24, 2.45) is 0 Å². The summed E-state index contributed by atoms with van der Waals surface area (Å²) >= 11 is 5.04. The fourth-order valence-corrected chi connectivity index (χ4v) is 5.56. The van der Waals surface area contributed by atoms with E-state index in [1.807, 2.05) is 34.9 Å². The largest absolute Gasteiger partial charge is 0.493 e. The van der Waals surface area contributed by atoms with Crippen LogP contribution in [0.3, 0.4) is 0 Å². The van der Waals surface area contributed by atoms with Crippen LogP contribution in [0, 0.1) is 6.92 Å². The van der Waals surface area contributed by atoms with E-state index in [0.29, 0.717) is 30.1 Å². The van der Waals surface area contributed by atoms with E-state index in [0.717, 1.165) is 40.1 Å². The summed E-state index contributed by atoms with van der Waals surface area (Å²) in [6, 6.07) is 12.2. The zero-order valence-electron chi connectivity index (χ0n) is 22.4. The number of nitrogens with one attached hydrogen (secondary N) is 1. The van der Waals surface area contributed by atoms with Crippen molar-refractivity contribution >= 4 is 39.3 Å². The number of amides is 1. The highest BCUT2D eigenvalue weighted by Gasteiger charge is 2.15. The number of benzene rings is 2. The van der Waals surface area contributed by atoms with Gasteiger partial charge in [0.05, 0.1) is 12.4 Å². The molecule has 0 unspecified atom stereocenters. The molecule has 2 aromatic carbocycles. The number of rotatable bonds is 13. The molecule has 1 amide bonds. The van der Waals surface area contributed by atoms with Crippen LogP contribution in [0.25, 0.3) is 0 Å². The Morgan fingerprint density at radius 1 is 1.16 bits per heavy atom. The molecule has 0 bridgehead atoms. The van der Waals surface area contributed by atoms with Crippen molar-refractivity contribution < 1.29 is 9.53 Å². The maximum atomic E-state index is 12.5. The minimum absolute atomic E-state index is 0.0731. The number of ether oxygens (including phenoxy) is 1. The molecule has 0 aliphatic heterocycles. The second-order valence-electron chi connectivity index (χ2n) is 9.66. The zero-order valence-corrected chi connectivity index (χ0v) is 24.8. The maximum Gasteiger partial charge on any atom is 0.234 e. The Morgan fingerprint density at radius 3 is 2.54 bits per heavy atom. The van der Waals surface area contributed by atoms with E-state index in [4.69, 9.17) is 4.74 Å². The molecule has 0 spiro atoms. The van der Waals surface area contributed by atoms with Crippen LogP contribution in [0.1, 0.15) is 68.5 Å². The highest BCUT2D eigenvalue weighted by atomic mass is 79.9. The zero-order chi connectivity index (χ0) is 26.9. The molecule has 8 heteroatoms. The van der Waals surface area contributed by atoms with Gasteiger partial charge in [-0.2, -0.15) is 0 Å². The summed E-state index contributed by atoms with van der Waals surface area (Å²) in [6.45, 7) is 15.8. The van der Waals surface area contributed by atoms with Gasteiger partial charge in [0, 0.05) is 23.1 Å². The third-order valence-electron chi connectivity index (χ3n) is 6.02. The van der Waals surface area contributed by atoms with Gasteiger partial charge in [0.2, 0.25) is 5.91 Å². The molecule has 0 saturated carbocycles. The minimum Gasteiger partial charge on any atom is -0.493 e. The van der Waals surface area contributed by atoms with Crippen molar-refractivity contribution in [3.05, 3.63) is 76.0 Å². The lowest BCUT2D eigenvalue weighted by Gasteiger charge is -2.15. The van der Waals surface area contributed by atoms with Crippen molar-refractivity contribution in [2.45, 2.75) is 71.0 Å². The van der Waals surface area contributed by atoms with Crippen molar-refractivity contribution in [3.63, 3.8) is 0 Å². The van der Waals surface area contributed by atoms with Gasteiger partial charge in [0.25, 0.3) is 0 Å². The predicted octanol–water partition coefficient (Wildman–Crippen LogP) is 7.52. The molecular formula is C29H37BrN4O2S. The first kappa shape index (κ1) is 29.0. The lowest BCUT2D eigenvalue weighted by Crippen LogP contribution is -2.15. The minimum atomic E-state index is -0.0731. The molecule has 0 aliphatic carbocycles. The number of halogens is 1. The van der Waals surface area contributed by atoms with Gasteiger partial charge in [-0.1, -0.05) is 73.6 Å². The summed E-state index contributed by atoms with van der Waals surface area (Å²) in [7, 11) is 0. The van der Waals surface area contributed by atoms with Gasteiger partial charge in [-0.05, 0) is 66.1 Å². The van der Waals surface area contributed by atoms with Crippen LogP contribution in [-0.4, -0.2) is 33.0 Å². The van der Waals surface area contributed by atoms with Crippen LogP contribution in [-0.2, 0) is 17.8 Å². The molecular weight excluding hydrogens is 548 g/mol. The van der Waals surface area contributed by atoms with Gasteiger partial charge in [0.1, 0.15) is 11.6 Å². The lowest BCUT2D eigenvalue weighted by molar-refractivity contribution is -0.113. The van der Waals surface area contributed by atoms with Gasteiger partial charge in [0.15, 0.2) is 5.16 Å². The summed E-state index contributed by atoms with van der Waals surface area (Å²) in [6.07, 6.45) is 3.35. The molecule has 3 rings (SSSR count). The third kappa shape index (κ3) is 8.20. The number of aryl methyl sites for hydroxylation is 2. The smallest absolute Gasteiger partial charge is 0.234 e. The second-order valence-corrected chi connectivity index (χ2v) is 11.5. The van der Waals surface area contributed by atoms with E-state index in [1.54, 1.807) is 0 Å². The van der Waals surface area contributed by atoms with Gasteiger partial charge in [-0.15, -0.1) is 16.8 Å². The van der Waals surface area contributed by atoms with E-state index in [-0.39, 0.29) is 11.7 Å². The van der Waals surface area contributed by atoms with Crippen LogP contribution in [0.15, 0.2) is 58.7 Å². The van der Waals surface area contributed by atoms with Crippen molar-refractivity contribution in [1.82, 2.24) is 14.8 Å². The summed E-state index contributed by atoms with van der Waals surface area (Å²) < 4.78 is 9.25. The van der Waals surface area contributed by atoms with E-state index in [1.165, 1.54) is 22.9 Å². The topological polar surface area (TPSA) is 69.0 Å². The molecule has 1 aromatic heterocycles. The fraction of sp³-hybridized carbons (Fsp3) is 0.414. The quantitative estimate of drug-likeness (QED) is 0.128. The van der Waals surface area contributed by atoms with Crippen LogP contribution < -0.4 is 10.1 Å². The Kier molecular flexibility index (Phi) is 10.8. The van der Waals surface area contributed by atoms with Crippen molar-refractivity contribution in [3.8, 4) is 5.75 Å². The highest BCUT2D eigenvalue weighted by molar-refractivity contribution is 9.10. The fourth-order valence-electron chi connectivity index (χ4n) is 3.88. The van der Waals surface area contributed by atoms with Crippen molar-refractivity contribution in [2.75, 3.05) is 17.7 Å². The Morgan fingerprint density at radius 2 is 1.89 bits per heavy atom. The summed E-state index contributed by atoms with van der Waals surface area (Å²) in [5.41, 5.74) is 4.39. The Balaban J connectivity index is 1.54. The van der Waals surface area contributed by atoms with Gasteiger partial charge >= 0.3 is 0 Å². The molecule has 6 nitrogen and oxygen atoms in total. The van der Waals surface area contributed by atoms with Crippen LogP contribution in [0.4, 0.5) is 5.69 Å². The number of hydrogen-bond acceptors (Lipinski definition) is 5. The Hall–Kier alpha value is -2.58. The van der Waals surface area contributed by atoms with E-state index in [9.17, 15) is 4.79 Å². The number of thioether (sulfide) groups is 1. The average Bonchev–Trinajstić information content (AvgIpc) is 3.23. The van der Waals surface area contributed by atoms with Gasteiger partial charge in [-0.3, -0.25) is 4.79 Å². The first-order valence-electron chi connectivity index (χ1n) is 12.7. The molecule has 0 fully saturated rings. The number of allylic oxidation sites excluding steroid dienone is 1. The first-order valence-corrected chi connectivity index (χ1v) is 14.5. The van der Waals surface area contributed by atoms with Crippen LogP contribution in [0.5, 0.6) is 5.75 Å². The molecule has 198 valence electrons. The highest BCUT2D eigenvalue weighted by Crippen LogP contribution is 2.32. The van der Waals surface area contributed by atoms with Crippen LogP contribution >= 0.6 is 27.7 Å². The number of anilines is 1. The number of hydrogen-bond donors (Lipinski definition) is 1. The predicted molar refractivity (Wildman–Crippen MR) is 157 cm³/mol. The van der Waals surface area contributed by atoms with Gasteiger partial charge in [-0.25, -0.2) is 0 Å². The van der Waals surface area contributed by atoms with Crippen LogP contribution in [0.2, 0.25) is 0 Å². The lowest BCUT2D eigenvalue weighted by atomic mass is 10.0. The van der Waals surface area contributed by atoms with E-state index >= 15 is 0 Å². The number of nitrogens with zero attached hydrogens (tertiary/aromatic N) is 3. The molecule has 0 saturated heterocycles. The first-order chi connectivity index (χ1) is 17.7. The van der Waals surface area contributed by atoms with E-state index in [2.05, 4.69) is 84.8 Å². The monoisotopic (exact) mass is 584 g/mol. The maximum absolute atomic E-state index is 12.5. The third-order valence-corrected chi connectivity index (χ3v) is 7.67. The van der Waals surface area contributed by atoms with Gasteiger partial charge < -0.3 is 14.6 Å². The normalized spacial score (nSPS) is 11.2. The Labute approximate surface area is 233 Å². The summed E-state index contributed by atoms with van der Waals surface area (Å²) in [5.74, 6) is 2.84. The molecule has 0 radical (unpaired) electrons. The number of carbonyl (C=O) groups is 1. The molecule has 3 aromatic rings. The van der Waals surface area contributed by atoms with E-state index < -0.39 is 0 Å². The molecule has 0 aliphatic rings. The molecule has 1 N–H and O–H groups in total.